The van der Waals surface area contributed by atoms with Gasteiger partial charge in [-0.15, -0.1) is 22.7 Å². The molecule has 0 radical (unpaired) electrons. The van der Waals surface area contributed by atoms with Crippen molar-refractivity contribution in [3.8, 4) is 0 Å². The van der Waals surface area contributed by atoms with Gasteiger partial charge in [-0.2, -0.15) is 0 Å². The van der Waals surface area contributed by atoms with E-state index in [9.17, 15) is 14.4 Å². The van der Waals surface area contributed by atoms with E-state index in [0.29, 0.717) is 37.2 Å². The minimum atomic E-state index is -0.346. The first kappa shape index (κ1) is 25.2. The summed E-state index contributed by atoms with van der Waals surface area (Å²) >= 11 is 7.79. The topological polar surface area (TPSA) is 76.2 Å². The van der Waals surface area contributed by atoms with Crippen LogP contribution in [0.25, 0.3) is 0 Å². The fourth-order valence-electron chi connectivity index (χ4n) is 3.37. The monoisotopic (exact) mass is 560 g/mol. The molecule has 11 heteroatoms. The Morgan fingerprint density at radius 2 is 2.06 bits per heavy atom. The summed E-state index contributed by atoms with van der Waals surface area (Å²) in [7, 11) is 1.36. The first-order chi connectivity index (χ1) is 15.4. The molecule has 3 rings (SSSR count). The number of thiophene rings is 2. The van der Waals surface area contributed by atoms with Gasteiger partial charge < -0.3 is 9.47 Å². The van der Waals surface area contributed by atoms with Gasteiger partial charge in [-0.25, -0.2) is 9.80 Å². The lowest BCUT2D eigenvalue weighted by Crippen LogP contribution is -2.51. The molecule has 0 aromatic carbocycles. The van der Waals surface area contributed by atoms with Crippen LogP contribution in [0.1, 0.15) is 32.8 Å². The minimum absolute atomic E-state index is 0.0206. The number of methoxy groups -OCH3 is 1. The van der Waals surface area contributed by atoms with E-state index in [1.807, 2.05) is 17.5 Å². The first-order valence-electron chi connectivity index (χ1n) is 10.1. The van der Waals surface area contributed by atoms with Crippen LogP contribution in [0.3, 0.4) is 0 Å². The van der Waals surface area contributed by atoms with Gasteiger partial charge >= 0.3 is 11.9 Å². The van der Waals surface area contributed by atoms with E-state index in [2.05, 4.69) is 20.9 Å². The predicted octanol–water partition coefficient (Wildman–Crippen LogP) is 4.85. The van der Waals surface area contributed by atoms with Crippen LogP contribution in [-0.4, -0.2) is 65.8 Å². The van der Waals surface area contributed by atoms with Crippen LogP contribution in [0.5, 0.6) is 0 Å². The van der Waals surface area contributed by atoms with Gasteiger partial charge in [0.05, 0.1) is 7.11 Å². The van der Waals surface area contributed by atoms with E-state index >= 15 is 0 Å². The van der Waals surface area contributed by atoms with Crippen molar-refractivity contribution in [2.24, 2.45) is 0 Å². The fraction of sp³-hybridized carbons (Fsp3) is 0.476. The van der Waals surface area contributed by atoms with Crippen LogP contribution in [-0.2, 0) is 27.1 Å². The molecular formula is C21H25BrN2O5S3. The standard InChI is InChI=1S/C21H25BrN2O5S3/c1-14(25)29-16(12-18-11-15(22)13-31-18)5-7-23-9-10-30-21(27)24(23)8-6-17-3-4-19(32-17)20(26)28-2/h3-4,11,13,16H,5-10,12H2,1-2H3. The van der Waals surface area contributed by atoms with Gasteiger partial charge in [-0.05, 0) is 40.5 Å². The zero-order chi connectivity index (χ0) is 23.1. The molecule has 0 N–H and O–H groups in total. The van der Waals surface area contributed by atoms with E-state index in [-0.39, 0.29) is 23.3 Å². The molecular weight excluding hydrogens is 536 g/mol. The maximum Gasteiger partial charge on any atom is 0.348 e. The lowest BCUT2D eigenvalue weighted by Gasteiger charge is -2.38. The third-order valence-corrected chi connectivity index (χ3v) is 8.53. The molecule has 1 amide bonds. The number of carbonyl (C=O) groups excluding carboxylic acids is 3. The molecule has 1 aliphatic heterocycles. The van der Waals surface area contributed by atoms with E-state index in [4.69, 9.17) is 9.47 Å². The highest BCUT2D eigenvalue weighted by atomic mass is 79.9. The number of esters is 2. The summed E-state index contributed by atoms with van der Waals surface area (Å²) < 4.78 is 11.3. The largest absolute Gasteiger partial charge is 0.465 e. The number of nitrogens with zero attached hydrogens (tertiary/aromatic N) is 2. The smallest absolute Gasteiger partial charge is 0.348 e. The predicted molar refractivity (Wildman–Crippen MR) is 131 cm³/mol. The SMILES string of the molecule is COC(=O)c1ccc(CCN2C(=O)SCCN2CCC(Cc2cc(Br)cs2)OC(C)=O)s1. The Morgan fingerprint density at radius 3 is 2.75 bits per heavy atom. The highest BCUT2D eigenvalue weighted by Crippen LogP contribution is 2.25. The van der Waals surface area contributed by atoms with Crippen LogP contribution >= 0.6 is 50.4 Å². The Bertz CT molecular complexity index is 948. The summed E-state index contributed by atoms with van der Waals surface area (Å²) in [4.78, 5) is 38.6. The molecule has 2 aromatic rings. The second-order valence-corrected chi connectivity index (χ2v) is 11.3. The second kappa shape index (κ2) is 12.2. The number of thioether (sulfide) groups is 1. The quantitative estimate of drug-likeness (QED) is 0.384. The van der Waals surface area contributed by atoms with Gasteiger partial charge in [0.2, 0.25) is 0 Å². The normalized spacial score (nSPS) is 15.6. The van der Waals surface area contributed by atoms with Gasteiger partial charge in [0.1, 0.15) is 11.0 Å². The van der Waals surface area contributed by atoms with Crippen molar-refractivity contribution in [3.63, 3.8) is 0 Å². The summed E-state index contributed by atoms with van der Waals surface area (Å²) in [5, 5.41) is 5.86. The highest BCUT2D eigenvalue weighted by Gasteiger charge is 2.28. The Labute approximate surface area is 208 Å². The Kier molecular flexibility index (Phi) is 9.60. The maximum atomic E-state index is 12.6. The first-order valence-corrected chi connectivity index (χ1v) is 13.6. The zero-order valence-corrected chi connectivity index (χ0v) is 21.9. The zero-order valence-electron chi connectivity index (χ0n) is 17.9. The van der Waals surface area contributed by atoms with Crippen molar-refractivity contribution >= 4 is 67.5 Å². The third kappa shape index (κ3) is 7.31. The number of hydrogen-bond acceptors (Lipinski definition) is 9. The summed E-state index contributed by atoms with van der Waals surface area (Å²) in [6, 6.07) is 5.69. The van der Waals surface area contributed by atoms with Crippen molar-refractivity contribution < 1.29 is 23.9 Å². The van der Waals surface area contributed by atoms with Gasteiger partial charge in [0.25, 0.3) is 5.24 Å². The number of amides is 1. The maximum absolute atomic E-state index is 12.6. The Balaban J connectivity index is 1.59. The highest BCUT2D eigenvalue weighted by molar-refractivity contribution is 9.10. The number of carbonyl (C=O) groups is 3. The molecule has 1 unspecified atom stereocenters. The summed E-state index contributed by atoms with van der Waals surface area (Å²) in [6.07, 6.45) is 1.69. The van der Waals surface area contributed by atoms with Crippen molar-refractivity contribution in [2.75, 3.05) is 32.5 Å². The van der Waals surface area contributed by atoms with Crippen molar-refractivity contribution in [2.45, 2.75) is 32.3 Å². The average Bonchev–Trinajstić information content (AvgIpc) is 3.39. The van der Waals surface area contributed by atoms with Crippen LogP contribution in [0.15, 0.2) is 28.1 Å². The average molecular weight is 562 g/mol. The summed E-state index contributed by atoms with van der Waals surface area (Å²) in [5.41, 5.74) is 0. The van der Waals surface area contributed by atoms with Crippen LogP contribution in [0.2, 0.25) is 0 Å². The lowest BCUT2D eigenvalue weighted by molar-refractivity contribution is -0.147. The number of ether oxygens (including phenoxy) is 2. The molecule has 174 valence electrons. The molecule has 1 atom stereocenters. The summed E-state index contributed by atoms with van der Waals surface area (Å²) in [5.74, 6) is 0.0883. The van der Waals surface area contributed by atoms with E-state index in [1.54, 1.807) is 22.4 Å². The number of rotatable bonds is 10. The van der Waals surface area contributed by atoms with Gasteiger partial charge in [-0.3, -0.25) is 14.6 Å². The molecule has 1 saturated heterocycles. The van der Waals surface area contributed by atoms with Crippen LogP contribution in [0, 0.1) is 0 Å². The number of hydrogen-bond donors (Lipinski definition) is 0. The Hall–Kier alpha value is -1.40. The van der Waals surface area contributed by atoms with Crippen molar-refractivity contribution in [1.82, 2.24) is 10.0 Å². The van der Waals surface area contributed by atoms with Gasteiger partial charge in [0.15, 0.2) is 0 Å². The Morgan fingerprint density at radius 1 is 1.25 bits per heavy atom. The molecule has 1 aliphatic rings. The van der Waals surface area contributed by atoms with E-state index < -0.39 is 0 Å². The third-order valence-electron chi connectivity index (χ3n) is 4.84. The molecule has 2 aromatic heterocycles. The summed E-state index contributed by atoms with van der Waals surface area (Å²) in [6.45, 7) is 3.33. The number of halogens is 1. The molecule has 0 bridgehead atoms. The van der Waals surface area contributed by atoms with E-state index in [0.717, 1.165) is 26.5 Å². The molecule has 0 aliphatic carbocycles. The second-order valence-electron chi connectivity index (χ2n) is 7.15. The fourth-order valence-corrected chi connectivity index (χ4v) is 6.63. The lowest BCUT2D eigenvalue weighted by atomic mass is 10.1. The molecule has 3 heterocycles. The minimum Gasteiger partial charge on any atom is -0.465 e. The van der Waals surface area contributed by atoms with Gasteiger partial charge in [-0.1, -0.05) is 11.8 Å². The molecule has 1 fully saturated rings. The van der Waals surface area contributed by atoms with E-state index in [1.165, 1.54) is 37.1 Å². The molecule has 0 spiro atoms. The molecule has 32 heavy (non-hydrogen) atoms. The van der Waals surface area contributed by atoms with Crippen LogP contribution < -0.4 is 0 Å². The number of hydrazine groups is 1. The molecule has 7 nitrogen and oxygen atoms in total. The van der Waals surface area contributed by atoms with Gasteiger partial charge in [0, 0.05) is 64.8 Å². The van der Waals surface area contributed by atoms with Crippen molar-refractivity contribution in [3.05, 3.63) is 42.7 Å². The molecule has 0 saturated carbocycles. The van der Waals surface area contributed by atoms with Crippen LogP contribution in [0.4, 0.5) is 4.79 Å². The van der Waals surface area contributed by atoms with Crippen molar-refractivity contribution in [1.29, 1.82) is 0 Å².